The first-order valence-corrected chi connectivity index (χ1v) is 3.27. The quantitative estimate of drug-likeness (QED) is 0.321. The van der Waals surface area contributed by atoms with E-state index in [-0.39, 0.29) is 18.4 Å². The Morgan fingerprint density at radius 1 is 1.75 bits per heavy atom. The largest absolute Gasteiger partial charge is 0.351 e. The van der Waals surface area contributed by atoms with E-state index in [2.05, 4.69) is 15.6 Å². The normalized spacial score (nSPS) is 22.6. The van der Waals surface area contributed by atoms with Crippen LogP contribution in [-0.4, -0.2) is 30.5 Å². The van der Waals surface area contributed by atoms with Gasteiger partial charge in [0.15, 0.2) is 0 Å². The number of hydrogen-bond acceptors (Lipinski definition) is 4. The van der Waals surface area contributed by atoms with Crippen molar-refractivity contribution >= 4 is 17.9 Å². The fourth-order valence-corrected chi connectivity index (χ4v) is 0.709. The number of nitrogens with one attached hydrogen (secondary N) is 2. The number of urea groups is 1. The number of nitrogens with two attached hydrogens (primary N) is 2. The Bertz CT molecular complexity index is 248. The number of carbonyl (C=O) groups excluding carboxylic acids is 2. The predicted octanol–water partition coefficient (Wildman–Crippen LogP) is -2.53. The Morgan fingerprint density at radius 2 is 2.42 bits per heavy atom. The van der Waals surface area contributed by atoms with Crippen molar-refractivity contribution in [3.8, 4) is 0 Å². The van der Waals surface area contributed by atoms with Gasteiger partial charge in [0.2, 0.25) is 11.9 Å². The Morgan fingerprint density at radius 3 is 2.92 bits per heavy atom. The number of guanidine groups is 1. The van der Waals surface area contributed by atoms with Gasteiger partial charge in [-0.05, 0) is 0 Å². The summed E-state index contributed by atoms with van der Waals surface area (Å²) in [4.78, 5) is 24.9. The van der Waals surface area contributed by atoms with Crippen molar-refractivity contribution in [3.05, 3.63) is 0 Å². The molecule has 0 aromatic heterocycles. The zero-order chi connectivity index (χ0) is 9.14. The molecule has 0 aromatic carbocycles. The van der Waals surface area contributed by atoms with Crippen LogP contribution in [0.2, 0.25) is 0 Å². The summed E-state index contributed by atoms with van der Waals surface area (Å²) in [6.45, 7) is 0.154. The lowest BCUT2D eigenvalue weighted by molar-refractivity contribution is -0.121. The number of amides is 3. The highest BCUT2D eigenvalue weighted by molar-refractivity contribution is 6.06. The molecule has 1 heterocycles. The van der Waals surface area contributed by atoms with Crippen molar-refractivity contribution in [3.63, 3.8) is 0 Å². The average molecular weight is 171 g/mol. The molecular formula is C5H9N5O2. The van der Waals surface area contributed by atoms with Crippen molar-refractivity contribution < 1.29 is 9.59 Å². The van der Waals surface area contributed by atoms with Gasteiger partial charge in [0.1, 0.15) is 6.04 Å². The highest BCUT2D eigenvalue weighted by atomic mass is 16.2. The molecule has 0 aliphatic carbocycles. The number of aliphatic imine (C=N–C) groups is 1. The van der Waals surface area contributed by atoms with Gasteiger partial charge < -0.3 is 11.5 Å². The molecule has 0 unspecified atom stereocenters. The Kier molecular flexibility index (Phi) is 2.24. The van der Waals surface area contributed by atoms with Crippen molar-refractivity contribution in [2.75, 3.05) is 6.54 Å². The number of rotatable bonds is 0. The van der Waals surface area contributed by atoms with Crippen molar-refractivity contribution in [2.24, 2.45) is 16.5 Å². The minimum Gasteiger partial charge on any atom is -0.351 e. The molecule has 0 fully saturated rings. The molecular weight excluding hydrogens is 162 g/mol. The highest BCUT2D eigenvalue weighted by Gasteiger charge is 2.20. The first kappa shape index (κ1) is 8.47. The summed E-state index contributed by atoms with van der Waals surface area (Å²) in [5, 5.41) is 4.41. The number of nitrogens with zero attached hydrogens (tertiary/aromatic N) is 1. The van der Waals surface area contributed by atoms with Gasteiger partial charge in [-0.15, -0.1) is 0 Å². The van der Waals surface area contributed by atoms with E-state index in [0.29, 0.717) is 0 Å². The van der Waals surface area contributed by atoms with Gasteiger partial charge >= 0.3 is 6.03 Å². The lowest BCUT2D eigenvalue weighted by atomic mass is 10.3. The zero-order valence-corrected chi connectivity index (χ0v) is 6.20. The molecule has 12 heavy (non-hydrogen) atoms. The number of primary amides is 1. The molecule has 1 aliphatic heterocycles. The van der Waals surface area contributed by atoms with Crippen LogP contribution in [0.15, 0.2) is 4.99 Å². The third kappa shape index (κ3) is 1.92. The molecule has 0 radical (unpaired) electrons. The lowest BCUT2D eigenvalue weighted by Crippen LogP contribution is -2.55. The maximum atomic E-state index is 10.9. The molecule has 1 atom stereocenters. The molecule has 3 amide bonds. The topological polar surface area (TPSA) is 123 Å². The third-order valence-corrected chi connectivity index (χ3v) is 1.27. The van der Waals surface area contributed by atoms with E-state index >= 15 is 0 Å². The minimum atomic E-state index is -0.774. The van der Waals surface area contributed by atoms with Crippen LogP contribution in [0.1, 0.15) is 0 Å². The minimum absolute atomic E-state index is 0.0502. The number of carbonyl (C=O) groups is 2. The third-order valence-electron chi connectivity index (χ3n) is 1.27. The van der Waals surface area contributed by atoms with E-state index in [1.165, 1.54) is 0 Å². The second kappa shape index (κ2) is 3.18. The number of hydrogen-bond donors (Lipinski definition) is 4. The van der Waals surface area contributed by atoms with Crippen LogP contribution in [0.3, 0.4) is 0 Å². The first-order chi connectivity index (χ1) is 5.59. The zero-order valence-electron chi connectivity index (χ0n) is 6.20. The van der Waals surface area contributed by atoms with Gasteiger partial charge in [0.25, 0.3) is 0 Å². The van der Waals surface area contributed by atoms with E-state index in [0.717, 1.165) is 0 Å². The molecule has 0 saturated heterocycles. The van der Waals surface area contributed by atoms with Crippen LogP contribution in [0.25, 0.3) is 0 Å². The molecule has 0 bridgehead atoms. The van der Waals surface area contributed by atoms with E-state index in [9.17, 15) is 9.59 Å². The SMILES string of the molecule is NC(=O)NC1=NC[C@H](N)C(=O)N1. The molecule has 66 valence electrons. The van der Waals surface area contributed by atoms with Gasteiger partial charge in [-0.1, -0.05) is 0 Å². The summed E-state index contributed by atoms with van der Waals surface area (Å²) >= 11 is 0. The first-order valence-electron chi connectivity index (χ1n) is 3.27. The summed E-state index contributed by atoms with van der Waals surface area (Å²) < 4.78 is 0. The molecule has 1 rings (SSSR count). The summed E-state index contributed by atoms with van der Waals surface area (Å²) in [5.41, 5.74) is 10.1. The molecule has 0 saturated carbocycles. The lowest BCUT2D eigenvalue weighted by Gasteiger charge is -2.17. The molecule has 7 heteroatoms. The Hall–Kier alpha value is -1.63. The van der Waals surface area contributed by atoms with Crippen LogP contribution >= 0.6 is 0 Å². The molecule has 6 N–H and O–H groups in total. The smallest absolute Gasteiger partial charge is 0.318 e. The molecule has 0 spiro atoms. The molecule has 7 nitrogen and oxygen atoms in total. The molecule has 1 aliphatic rings. The summed E-state index contributed by atoms with van der Waals surface area (Å²) in [6, 6.07) is -1.42. The fraction of sp³-hybridized carbons (Fsp3) is 0.400. The van der Waals surface area contributed by atoms with Crippen molar-refractivity contribution in [1.82, 2.24) is 10.6 Å². The van der Waals surface area contributed by atoms with E-state index in [4.69, 9.17) is 11.5 Å². The Labute approximate surface area is 68.2 Å². The Balaban J connectivity index is 2.58. The van der Waals surface area contributed by atoms with Gasteiger partial charge in [-0.3, -0.25) is 20.4 Å². The second-order valence-electron chi connectivity index (χ2n) is 2.27. The summed E-state index contributed by atoms with van der Waals surface area (Å²) in [6.07, 6.45) is 0. The summed E-state index contributed by atoms with van der Waals surface area (Å²) in [7, 11) is 0. The van der Waals surface area contributed by atoms with Gasteiger partial charge in [-0.2, -0.15) is 0 Å². The van der Waals surface area contributed by atoms with Crippen LogP contribution in [-0.2, 0) is 4.79 Å². The second-order valence-corrected chi connectivity index (χ2v) is 2.27. The fourth-order valence-electron chi connectivity index (χ4n) is 0.709. The van der Waals surface area contributed by atoms with Gasteiger partial charge in [-0.25, -0.2) is 4.79 Å². The average Bonchev–Trinajstić information content (AvgIpc) is 1.96. The summed E-state index contributed by atoms with van der Waals surface area (Å²) in [5.74, 6) is -0.331. The van der Waals surface area contributed by atoms with Gasteiger partial charge in [0, 0.05) is 0 Å². The van der Waals surface area contributed by atoms with E-state index in [1.807, 2.05) is 0 Å². The monoisotopic (exact) mass is 171 g/mol. The standard InChI is InChI=1S/C5H9N5O2/c6-2-1-8-5(9-3(2)11)10-4(7)12/h2H,1,6H2,(H4,7,8,9,10,11,12)/t2-/m0/s1. The van der Waals surface area contributed by atoms with Crippen LogP contribution in [0, 0.1) is 0 Å². The van der Waals surface area contributed by atoms with Crippen LogP contribution in [0.5, 0.6) is 0 Å². The van der Waals surface area contributed by atoms with Crippen LogP contribution in [0.4, 0.5) is 4.79 Å². The van der Waals surface area contributed by atoms with Crippen molar-refractivity contribution in [2.45, 2.75) is 6.04 Å². The maximum absolute atomic E-state index is 10.9. The molecule has 0 aromatic rings. The van der Waals surface area contributed by atoms with E-state index < -0.39 is 12.1 Å². The predicted molar refractivity (Wildman–Crippen MR) is 41.1 cm³/mol. The van der Waals surface area contributed by atoms with E-state index in [1.54, 1.807) is 0 Å². The van der Waals surface area contributed by atoms with Gasteiger partial charge in [0.05, 0.1) is 6.54 Å². The highest BCUT2D eigenvalue weighted by Crippen LogP contribution is 1.88. The van der Waals surface area contributed by atoms with Crippen molar-refractivity contribution in [1.29, 1.82) is 0 Å². The van der Waals surface area contributed by atoms with Crippen LogP contribution < -0.4 is 22.1 Å². The maximum Gasteiger partial charge on any atom is 0.318 e.